The van der Waals surface area contributed by atoms with Crippen molar-refractivity contribution in [3.63, 3.8) is 0 Å². The lowest BCUT2D eigenvalue weighted by molar-refractivity contribution is -0.136. The van der Waals surface area contributed by atoms with E-state index in [1.54, 1.807) is 12.1 Å². The molecule has 1 aromatic carbocycles. The Morgan fingerprint density at radius 2 is 2.06 bits per heavy atom. The second-order valence-corrected chi connectivity index (χ2v) is 5.70. The van der Waals surface area contributed by atoms with E-state index < -0.39 is 22.2 Å². The van der Waals surface area contributed by atoms with Gasteiger partial charge < -0.3 is 5.11 Å². The van der Waals surface area contributed by atoms with Gasteiger partial charge in [0.1, 0.15) is 0 Å². The average Bonchev–Trinajstić information content (AvgIpc) is 2.37. The summed E-state index contributed by atoms with van der Waals surface area (Å²) in [5.41, 5.74) is 1.53. The monoisotopic (exact) mass is 238 g/mol. The molecule has 0 bridgehead atoms. The zero-order chi connectivity index (χ0) is 11.9. The molecule has 1 heterocycles. The van der Waals surface area contributed by atoms with Crippen LogP contribution in [0, 0.1) is 6.92 Å². The zero-order valence-electron chi connectivity index (χ0n) is 8.60. The van der Waals surface area contributed by atoms with Crippen LogP contribution >= 0.6 is 0 Å². The van der Waals surface area contributed by atoms with Crippen LogP contribution in [0.2, 0.25) is 0 Å². The average molecular weight is 238 g/mol. The van der Waals surface area contributed by atoms with Crippen molar-refractivity contribution >= 4 is 21.9 Å². The van der Waals surface area contributed by atoms with Gasteiger partial charge in [0.25, 0.3) is 0 Å². The molecule has 0 radical (unpaired) electrons. The van der Waals surface area contributed by atoms with Crippen molar-refractivity contribution in [3.8, 4) is 0 Å². The summed E-state index contributed by atoms with van der Waals surface area (Å²) >= 11 is 0. The number of fused-ring (bicyclic) bond motifs is 1. The second kappa shape index (κ2) is 3.45. The van der Waals surface area contributed by atoms with Crippen LogP contribution in [-0.2, 0) is 14.6 Å². The molecule has 0 spiro atoms. The summed E-state index contributed by atoms with van der Waals surface area (Å²) in [4.78, 5) is 10.7. The van der Waals surface area contributed by atoms with E-state index >= 15 is 0 Å². The topological polar surface area (TPSA) is 71.4 Å². The van der Waals surface area contributed by atoms with Gasteiger partial charge in [0.2, 0.25) is 9.84 Å². The Balaban J connectivity index is 2.56. The number of benzene rings is 1. The first kappa shape index (κ1) is 10.9. The molecule has 0 amide bonds. The van der Waals surface area contributed by atoms with Crippen molar-refractivity contribution < 1.29 is 18.3 Å². The van der Waals surface area contributed by atoms with Crippen LogP contribution in [0.15, 0.2) is 28.0 Å². The largest absolute Gasteiger partial charge is 0.481 e. The lowest BCUT2D eigenvalue weighted by atomic mass is 10.1. The second-order valence-electron chi connectivity index (χ2n) is 3.73. The predicted octanol–water partition coefficient (Wildman–Crippen LogP) is 1.60. The predicted molar refractivity (Wildman–Crippen MR) is 58.6 cm³/mol. The van der Waals surface area contributed by atoms with Gasteiger partial charge in [-0.15, -0.1) is 0 Å². The standard InChI is InChI=1S/C11H10O4S/c1-7-2-3-10-8(4-7)5-9(6-11(12)13)16(10,14)15/h2-5H,6H2,1H3,(H,12,13). The molecule has 2 rings (SSSR count). The lowest BCUT2D eigenvalue weighted by Crippen LogP contribution is -2.05. The quantitative estimate of drug-likeness (QED) is 0.849. The van der Waals surface area contributed by atoms with Gasteiger partial charge in [0.05, 0.1) is 16.2 Å². The van der Waals surface area contributed by atoms with Gasteiger partial charge in [-0.1, -0.05) is 17.7 Å². The number of carbonyl (C=O) groups is 1. The summed E-state index contributed by atoms with van der Waals surface area (Å²) in [5, 5.41) is 8.63. The molecule has 1 N–H and O–H groups in total. The van der Waals surface area contributed by atoms with Gasteiger partial charge in [-0.25, -0.2) is 8.42 Å². The Morgan fingerprint density at radius 1 is 1.38 bits per heavy atom. The normalized spacial score (nSPS) is 16.7. The molecule has 0 saturated heterocycles. The van der Waals surface area contributed by atoms with Crippen molar-refractivity contribution in [2.24, 2.45) is 0 Å². The highest BCUT2D eigenvalue weighted by atomic mass is 32.2. The Hall–Kier alpha value is -1.62. The van der Waals surface area contributed by atoms with E-state index in [0.29, 0.717) is 5.56 Å². The van der Waals surface area contributed by atoms with Crippen molar-refractivity contribution in [1.82, 2.24) is 0 Å². The highest BCUT2D eigenvalue weighted by Gasteiger charge is 2.30. The van der Waals surface area contributed by atoms with E-state index in [4.69, 9.17) is 5.11 Å². The smallest absolute Gasteiger partial charge is 0.308 e. The molecule has 0 aromatic heterocycles. The fraction of sp³-hybridized carbons (Fsp3) is 0.182. The van der Waals surface area contributed by atoms with Crippen molar-refractivity contribution in [2.75, 3.05) is 0 Å². The molecular weight excluding hydrogens is 228 g/mol. The van der Waals surface area contributed by atoms with Crippen LogP contribution in [0.25, 0.3) is 6.08 Å². The molecule has 0 unspecified atom stereocenters. The molecule has 5 heteroatoms. The summed E-state index contributed by atoms with van der Waals surface area (Å²) < 4.78 is 23.8. The maximum Gasteiger partial charge on any atom is 0.308 e. The fourth-order valence-corrected chi connectivity index (χ4v) is 3.27. The Labute approximate surface area is 93.1 Å². The van der Waals surface area contributed by atoms with Crippen LogP contribution in [0.3, 0.4) is 0 Å². The Morgan fingerprint density at radius 3 is 2.69 bits per heavy atom. The van der Waals surface area contributed by atoms with Gasteiger partial charge in [-0.2, -0.15) is 0 Å². The van der Waals surface area contributed by atoms with Crippen LogP contribution < -0.4 is 0 Å². The van der Waals surface area contributed by atoms with Gasteiger partial charge in [-0.05, 0) is 24.6 Å². The van der Waals surface area contributed by atoms with Crippen molar-refractivity contribution in [3.05, 3.63) is 34.2 Å². The van der Waals surface area contributed by atoms with Crippen molar-refractivity contribution in [1.29, 1.82) is 0 Å². The van der Waals surface area contributed by atoms with Gasteiger partial charge in [0, 0.05) is 0 Å². The van der Waals surface area contributed by atoms with Crippen LogP contribution in [0.1, 0.15) is 17.5 Å². The summed E-state index contributed by atoms with van der Waals surface area (Å²) in [7, 11) is -3.58. The number of sulfone groups is 1. The number of aliphatic carboxylic acids is 1. The maximum atomic E-state index is 11.9. The third kappa shape index (κ3) is 1.63. The number of hydrogen-bond donors (Lipinski definition) is 1. The fourth-order valence-electron chi connectivity index (χ4n) is 1.71. The minimum atomic E-state index is -3.58. The number of carboxylic acids is 1. The number of rotatable bonds is 2. The third-order valence-electron chi connectivity index (χ3n) is 2.44. The third-order valence-corrected chi connectivity index (χ3v) is 4.35. The molecule has 0 atom stereocenters. The number of aryl methyl sites for hydroxylation is 1. The van der Waals surface area contributed by atoms with Crippen LogP contribution in [0.4, 0.5) is 0 Å². The zero-order valence-corrected chi connectivity index (χ0v) is 9.41. The minimum Gasteiger partial charge on any atom is -0.481 e. The molecule has 0 fully saturated rings. The van der Waals surface area contributed by atoms with Crippen molar-refractivity contribution in [2.45, 2.75) is 18.2 Å². The summed E-state index contributed by atoms with van der Waals surface area (Å²) in [6, 6.07) is 4.96. The summed E-state index contributed by atoms with van der Waals surface area (Å²) in [6.45, 7) is 1.86. The van der Waals surface area contributed by atoms with Crippen LogP contribution in [-0.4, -0.2) is 19.5 Å². The van der Waals surface area contributed by atoms with E-state index in [2.05, 4.69) is 0 Å². The summed E-state index contributed by atoms with van der Waals surface area (Å²) in [6.07, 6.45) is 0.974. The van der Waals surface area contributed by atoms with Gasteiger partial charge >= 0.3 is 5.97 Å². The molecule has 4 nitrogen and oxygen atoms in total. The Kier molecular flexibility index (Phi) is 2.35. The highest BCUT2D eigenvalue weighted by molar-refractivity contribution is 7.95. The van der Waals surface area contributed by atoms with E-state index in [1.807, 2.05) is 6.92 Å². The molecular formula is C11H10O4S. The van der Waals surface area contributed by atoms with Gasteiger partial charge in [-0.3, -0.25) is 4.79 Å². The molecule has 1 aliphatic heterocycles. The molecule has 1 aliphatic rings. The van der Waals surface area contributed by atoms with E-state index in [0.717, 1.165) is 5.56 Å². The first-order valence-corrected chi connectivity index (χ1v) is 6.17. The molecule has 16 heavy (non-hydrogen) atoms. The molecule has 84 valence electrons. The minimum absolute atomic E-state index is 0.0411. The first-order valence-electron chi connectivity index (χ1n) is 4.69. The highest BCUT2D eigenvalue weighted by Crippen LogP contribution is 2.34. The van der Waals surface area contributed by atoms with E-state index in [1.165, 1.54) is 12.1 Å². The SMILES string of the molecule is Cc1ccc2c(c1)C=C(CC(=O)O)S2(=O)=O. The molecule has 0 saturated carbocycles. The molecule has 0 aliphatic carbocycles. The van der Waals surface area contributed by atoms with Gasteiger partial charge in [0.15, 0.2) is 0 Å². The summed E-state index contributed by atoms with van der Waals surface area (Å²) in [5.74, 6) is -1.14. The Bertz CT molecular complexity index is 596. The number of hydrogen-bond acceptors (Lipinski definition) is 3. The number of carboxylic acid groups (broad SMARTS) is 1. The first-order chi connectivity index (χ1) is 7.41. The maximum absolute atomic E-state index is 11.9. The molecule has 1 aromatic rings. The lowest BCUT2D eigenvalue weighted by Gasteiger charge is -2.01. The van der Waals surface area contributed by atoms with E-state index in [9.17, 15) is 13.2 Å². The van der Waals surface area contributed by atoms with E-state index in [-0.39, 0.29) is 9.80 Å². The van der Waals surface area contributed by atoms with Crippen LogP contribution in [0.5, 0.6) is 0 Å².